The molecule has 0 radical (unpaired) electrons. The fourth-order valence-corrected chi connectivity index (χ4v) is 1.98. The molecule has 0 heterocycles. The van der Waals surface area contributed by atoms with Crippen molar-refractivity contribution in [2.45, 2.75) is 32.4 Å². The van der Waals surface area contributed by atoms with Gasteiger partial charge in [0.15, 0.2) is 0 Å². The Kier molecular flexibility index (Phi) is 4.32. The van der Waals surface area contributed by atoms with Gasteiger partial charge in [-0.3, -0.25) is 0 Å². The first-order chi connectivity index (χ1) is 6.90. The molecule has 0 bridgehead atoms. The van der Waals surface area contributed by atoms with Crippen molar-refractivity contribution >= 4 is 15.9 Å². The topological polar surface area (TPSA) is 38.0 Å². The van der Waals surface area contributed by atoms with E-state index in [1.54, 1.807) is 0 Å². The molecule has 15 heavy (non-hydrogen) atoms. The molecule has 0 spiro atoms. The third kappa shape index (κ3) is 4.33. The second kappa shape index (κ2) is 5.10. The van der Waals surface area contributed by atoms with E-state index in [2.05, 4.69) is 40.3 Å². The van der Waals surface area contributed by atoms with Crippen molar-refractivity contribution in [3.63, 3.8) is 0 Å². The van der Waals surface area contributed by atoms with E-state index in [0.717, 1.165) is 11.0 Å². The maximum atomic E-state index is 5.93. The summed E-state index contributed by atoms with van der Waals surface area (Å²) >= 11 is 3.55. The average molecular weight is 271 g/mol. The van der Waals surface area contributed by atoms with Crippen LogP contribution in [0, 0.1) is 0 Å². The second-order valence-electron chi connectivity index (χ2n) is 4.61. The van der Waals surface area contributed by atoms with Gasteiger partial charge in [0.25, 0.3) is 0 Å². The summed E-state index contributed by atoms with van der Waals surface area (Å²) in [5, 5.41) is 3.42. The first-order valence-electron chi connectivity index (χ1n) is 5.17. The Hall–Kier alpha value is -0.380. The number of hydrogen-bond donors (Lipinski definition) is 2. The van der Waals surface area contributed by atoms with Crippen molar-refractivity contribution in [2.75, 3.05) is 6.54 Å². The molecule has 3 heteroatoms. The molecule has 2 nitrogen and oxygen atoms in total. The zero-order chi connectivity index (χ0) is 11.5. The fraction of sp³-hybridized carbons (Fsp3) is 0.500. The van der Waals surface area contributed by atoms with Gasteiger partial charge in [-0.25, -0.2) is 0 Å². The fourth-order valence-electron chi connectivity index (χ4n) is 1.35. The van der Waals surface area contributed by atoms with E-state index in [9.17, 15) is 0 Å². The van der Waals surface area contributed by atoms with Crippen LogP contribution in [0.5, 0.6) is 0 Å². The van der Waals surface area contributed by atoms with Crippen LogP contribution < -0.4 is 11.1 Å². The summed E-state index contributed by atoms with van der Waals surface area (Å²) in [5.74, 6) is 0. The lowest BCUT2D eigenvalue weighted by Gasteiger charge is -2.23. The molecule has 1 atom stereocenters. The van der Waals surface area contributed by atoms with Crippen molar-refractivity contribution in [3.8, 4) is 0 Å². The van der Waals surface area contributed by atoms with Gasteiger partial charge in [0.1, 0.15) is 0 Å². The Morgan fingerprint density at radius 2 is 2.00 bits per heavy atom. The van der Waals surface area contributed by atoms with Crippen LogP contribution >= 0.6 is 15.9 Å². The smallest absolute Gasteiger partial charge is 0.0303 e. The van der Waals surface area contributed by atoms with E-state index in [1.165, 1.54) is 5.56 Å². The summed E-state index contributed by atoms with van der Waals surface area (Å²) in [7, 11) is 0. The number of benzene rings is 1. The molecule has 84 valence electrons. The van der Waals surface area contributed by atoms with Crippen LogP contribution in [-0.4, -0.2) is 12.1 Å². The Morgan fingerprint density at radius 1 is 1.40 bits per heavy atom. The molecule has 0 aromatic heterocycles. The third-order valence-corrected chi connectivity index (χ3v) is 2.96. The van der Waals surface area contributed by atoms with Crippen molar-refractivity contribution in [1.82, 2.24) is 5.32 Å². The maximum Gasteiger partial charge on any atom is 0.0303 e. The predicted molar refractivity (Wildman–Crippen MR) is 68.8 cm³/mol. The predicted octanol–water partition coefficient (Wildman–Crippen LogP) is 2.84. The normalized spacial score (nSPS) is 13.9. The van der Waals surface area contributed by atoms with Crippen LogP contribution in [0.25, 0.3) is 0 Å². The van der Waals surface area contributed by atoms with Gasteiger partial charge >= 0.3 is 0 Å². The molecule has 3 N–H and O–H groups in total. The summed E-state index contributed by atoms with van der Waals surface area (Å²) in [6, 6.07) is 8.55. The summed E-state index contributed by atoms with van der Waals surface area (Å²) in [4.78, 5) is 0. The maximum absolute atomic E-state index is 5.93. The lowest BCUT2D eigenvalue weighted by atomic mass is 10.0. The quantitative estimate of drug-likeness (QED) is 0.883. The number of nitrogens with one attached hydrogen (secondary N) is 1. The molecule has 0 aliphatic rings. The second-order valence-corrected chi connectivity index (χ2v) is 5.47. The van der Waals surface area contributed by atoms with Crippen molar-refractivity contribution in [2.24, 2.45) is 5.73 Å². The van der Waals surface area contributed by atoms with Crippen LogP contribution in [0.1, 0.15) is 32.4 Å². The molecule has 0 amide bonds. The van der Waals surface area contributed by atoms with Gasteiger partial charge in [-0.1, -0.05) is 34.1 Å². The number of hydrogen-bond acceptors (Lipinski definition) is 2. The highest BCUT2D eigenvalue weighted by atomic mass is 79.9. The molecule has 0 aliphatic heterocycles. The molecular formula is C12H19BrN2. The van der Waals surface area contributed by atoms with E-state index < -0.39 is 0 Å². The molecule has 1 rings (SSSR count). The van der Waals surface area contributed by atoms with Crippen LogP contribution in [0.2, 0.25) is 0 Å². The molecule has 1 aromatic rings. The molecule has 0 saturated carbocycles. The van der Waals surface area contributed by atoms with E-state index in [0.29, 0.717) is 6.04 Å². The monoisotopic (exact) mass is 270 g/mol. The first kappa shape index (κ1) is 12.7. The molecular weight excluding hydrogens is 252 g/mol. The minimum Gasteiger partial charge on any atom is -0.324 e. The average Bonchev–Trinajstić information content (AvgIpc) is 2.14. The summed E-state index contributed by atoms with van der Waals surface area (Å²) in [6.45, 7) is 6.99. The molecule has 1 unspecified atom stereocenters. The summed E-state index contributed by atoms with van der Waals surface area (Å²) in [6.07, 6.45) is 0. The van der Waals surface area contributed by atoms with Gasteiger partial charge in [0.05, 0.1) is 0 Å². The van der Waals surface area contributed by atoms with Crippen molar-refractivity contribution in [1.29, 1.82) is 0 Å². The molecule has 0 aliphatic carbocycles. The summed E-state index contributed by atoms with van der Waals surface area (Å²) in [5.41, 5.74) is 7.02. The van der Waals surface area contributed by atoms with Crippen LogP contribution in [0.15, 0.2) is 28.7 Å². The Balaban J connectivity index is 2.62. The third-order valence-electron chi connectivity index (χ3n) is 2.24. The van der Waals surface area contributed by atoms with Crippen LogP contribution in [0.4, 0.5) is 0 Å². The van der Waals surface area contributed by atoms with Crippen molar-refractivity contribution in [3.05, 3.63) is 34.3 Å². The van der Waals surface area contributed by atoms with E-state index in [1.807, 2.05) is 26.0 Å². The van der Waals surface area contributed by atoms with Gasteiger partial charge in [-0.2, -0.15) is 0 Å². The minimum absolute atomic E-state index is 0.171. The van der Waals surface area contributed by atoms with Gasteiger partial charge in [0, 0.05) is 22.6 Å². The van der Waals surface area contributed by atoms with Gasteiger partial charge in [0.2, 0.25) is 0 Å². The van der Waals surface area contributed by atoms with Crippen molar-refractivity contribution < 1.29 is 0 Å². The zero-order valence-electron chi connectivity index (χ0n) is 9.55. The van der Waals surface area contributed by atoms with Gasteiger partial charge < -0.3 is 11.1 Å². The number of halogens is 1. The highest BCUT2D eigenvalue weighted by Crippen LogP contribution is 2.22. The van der Waals surface area contributed by atoms with Crippen LogP contribution in [0.3, 0.4) is 0 Å². The first-order valence-corrected chi connectivity index (χ1v) is 5.96. The van der Waals surface area contributed by atoms with E-state index in [-0.39, 0.29) is 5.54 Å². The number of nitrogens with two attached hydrogens (primary N) is 1. The standard InChI is InChI=1S/C12H19BrN2/c1-9(15-8-12(2,3)14)10-6-4-5-7-11(10)13/h4-7,9,15H,8,14H2,1-3H3. The van der Waals surface area contributed by atoms with Gasteiger partial charge in [-0.15, -0.1) is 0 Å². The molecule has 0 fully saturated rings. The highest BCUT2D eigenvalue weighted by molar-refractivity contribution is 9.10. The van der Waals surface area contributed by atoms with Crippen LogP contribution in [-0.2, 0) is 0 Å². The lowest BCUT2D eigenvalue weighted by Crippen LogP contribution is -2.43. The lowest BCUT2D eigenvalue weighted by molar-refractivity contribution is 0.434. The van der Waals surface area contributed by atoms with E-state index in [4.69, 9.17) is 5.73 Å². The zero-order valence-corrected chi connectivity index (χ0v) is 11.1. The molecule has 0 saturated heterocycles. The summed E-state index contributed by atoms with van der Waals surface area (Å²) < 4.78 is 1.14. The molecule has 1 aromatic carbocycles. The van der Waals surface area contributed by atoms with Gasteiger partial charge in [-0.05, 0) is 32.4 Å². The Bertz CT molecular complexity index is 318. The van der Waals surface area contributed by atoms with E-state index >= 15 is 0 Å². The largest absolute Gasteiger partial charge is 0.324 e. The minimum atomic E-state index is -0.171. The Labute approximate surface area is 100 Å². The SMILES string of the molecule is CC(NCC(C)(C)N)c1ccccc1Br. The highest BCUT2D eigenvalue weighted by Gasteiger charge is 2.14. The number of rotatable bonds is 4. The Morgan fingerprint density at radius 3 is 2.53 bits per heavy atom.